The van der Waals surface area contributed by atoms with E-state index in [0.29, 0.717) is 31.1 Å². The van der Waals surface area contributed by atoms with Crippen LogP contribution in [0, 0.1) is 5.92 Å². The predicted molar refractivity (Wildman–Crippen MR) is 81.5 cm³/mol. The van der Waals surface area contributed by atoms with Gasteiger partial charge >= 0.3 is 6.18 Å². The summed E-state index contributed by atoms with van der Waals surface area (Å²) in [6.45, 7) is 7.65. The molecule has 1 N–H and O–H groups in total. The second kappa shape index (κ2) is 7.69. The minimum atomic E-state index is -4.33. The van der Waals surface area contributed by atoms with Gasteiger partial charge in [-0.15, -0.1) is 0 Å². The number of nitrogens with one attached hydrogen (secondary N) is 1. The number of nitrogens with zero attached hydrogens (tertiary/aromatic N) is 1. The van der Waals surface area contributed by atoms with Gasteiger partial charge in [0.1, 0.15) is 0 Å². The van der Waals surface area contributed by atoms with Crippen molar-refractivity contribution in [3.05, 3.63) is 29.3 Å². The molecule has 0 saturated carbocycles. The zero-order valence-corrected chi connectivity index (χ0v) is 13.2. The number of anilines is 1. The van der Waals surface area contributed by atoms with Crippen molar-refractivity contribution < 1.29 is 13.2 Å². The average molecular weight is 302 g/mol. The molecule has 0 aliphatic rings. The summed E-state index contributed by atoms with van der Waals surface area (Å²) in [5, 5.41) is 2.89. The van der Waals surface area contributed by atoms with Crippen LogP contribution in [0.2, 0.25) is 0 Å². The summed E-state index contributed by atoms with van der Waals surface area (Å²) in [4.78, 5) is 1.82. The molecule has 0 aliphatic carbocycles. The molecule has 0 radical (unpaired) electrons. The average Bonchev–Trinajstić information content (AvgIpc) is 2.44. The van der Waals surface area contributed by atoms with Crippen molar-refractivity contribution in [2.24, 2.45) is 5.92 Å². The molecule has 0 aliphatic heterocycles. The Hall–Kier alpha value is -1.23. The fourth-order valence-corrected chi connectivity index (χ4v) is 2.30. The molecule has 0 saturated heterocycles. The topological polar surface area (TPSA) is 15.3 Å². The highest BCUT2D eigenvalue weighted by Gasteiger charge is 2.35. The number of rotatable bonds is 7. The van der Waals surface area contributed by atoms with E-state index >= 15 is 0 Å². The van der Waals surface area contributed by atoms with Crippen molar-refractivity contribution in [3.8, 4) is 0 Å². The second-order valence-corrected chi connectivity index (χ2v) is 5.43. The predicted octanol–water partition coefficient (Wildman–Crippen LogP) is 4.30. The fourth-order valence-electron chi connectivity index (χ4n) is 2.30. The molecule has 0 aromatic heterocycles. The number of halogens is 3. The zero-order chi connectivity index (χ0) is 16.0. The molecule has 120 valence electrons. The quantitative estimate of drug-likeness (QED) is 0.808. The lowest BCUT2D eigenvalue weighted by molar-refractivity contribution is -0.137. The van der Waals surface area contributed by atoms with Crippen LogP contribution in [0.3, 0.4) is 0 Å². The molecule has 1 unspecified atom stereocenters. The van der Waals surface area contributed by atoms with Crippen LogP contribution in [-0.4, -0.2) is 20.1 Å². The summed E-state index contributed by atoms with van der Waals surface area (Å²) in [6.07, 6.45) is -3.38. The molecule has 1 aromatic carbocycles. The van der Waals surface area contributed by atoms with E-state index in [9.17, 15) is 13.2 Å². The van der Waals surface area contributed by atoms with E-state index in [4.69, 9.17) is 0 Å². The fraction of sp³-hybridized carbons (Fsp3) is 0.625. The standard InChI is InChI=1S/C16H25F3N2/c1-5-12(3)11-21(6-2)15-8-7-13(10-20-4)9-14(15)16(17,18)19/h7-9,12,20H,5-6,10-11H2,1-4H3. The Morgan fingerprint density at radius 2 is 1.90 bits per heavy atom. The Labute approximate surface area is 125 Å². The molecule has 0 bridgehead atoms. The lowest BCUT2D eigenvalue weighted by atomic mass is 10.0. The Balaban J connectivity index is 3.19. The Morgan fingerprint density at radius 1 is 1.24 bits per heavy atom. The molecule has 2 nitrogen and oxygen atoms in total. The van der Waals surface area contributed by atoms with Gasteiger partial charge in [0.15, 0.2) is 0 Å². The van der Waals surface area contributed by atoms with Crippen molar-refractivity contribution in [1.82, 2.24) is 5.32 Å². The van der Waals surface area contributed by atoms with Gasteiger partial charge in [-0.2, -0.15) is 13.2 Å². The first-order chi connectivity index (χ1) is 9.83. The smallest absolute Gasteiger partial charge is 0.371 e. The maximum absolute atomic E-state index is 13.3. The molecule has 21 heavy (non-hydrogen) atoms. The summed E-state index contributed by atoms with van der Waals surface area (Å²) in [5.41, 5.74) is 0.388. The van der Waals surface area contributed by atoms with E-state index in [1.165, 1.54) is 6.07 Å². The SMILES string of the molecule is CCC(C)CN(CC)c1ccc(CNC)cc1C(F)(F)F. The number of hydrogen-bond acceptors (Lipinski definition) is 2. The third-order valence-corrected chi connectivity index (χ3v) is 3.70. The first-order valence-corrected chi connectivity index (χ1v) is 7.43. The molecule has 0 spiro atoms. The van der Waals surface area contributed by atoms with Crippen LogP contribution in [0.25, 0.3) is 0 Å². The highest BCUT2D eigenvalue weighted by molar-refractivity contribution is 5.56. The van der Waals surface area contributed by atoms with Crippen LogP contribution in [0.5, 0.6) is 0 Å². The van der Waals surface area contributed by atoms with E-state index < -0.39 is 11.7 Å². The van der Waals surface area contributed by atoms with E-state index in [2.05, 4.69) is 19.2 Å². The highest BCUT2D eigenvalue weighted by atomic mass is 19.4. The van der Waals surface area contributed by atoms with E-state index in [0.717, 1.165) is 6.42 Å². The maximum atomic E-state index is 13.3. The van der Waals surface area contributed by atoms with Gasteiger partial charge in [-0.05, 0) is 37.6 Å². The van der Waals surface area contributed by atoms with Crippen LogP contribution >= 0.6 is 0 Å². The van der Waals surface area contributed by atoms with Gasteiger partial charge in [0, 0.05) is 25.3 Å². The van der Waals surface area contributed by atoms with Crippen molar-refractivity contribution in [3.63, 3.8) is 0 Å². The van der Waals surface area contributed by atoms with E-state index in [1.54, 1.807) is 19.2 Å². The van der Waals surface area contributed by atoms with Gasteiger partial charge in [0.2, 0.25) is 0 Å². The van der Waals surface area contributed by atoms with Gasteiger partial charge in [-0.3, -0.25) is 0 Å². The second-order valence-electron chi connectivity index (χ2n) is 5.43. The van der Waals surface area contributed by atoms with Gasteiger partial charge in [-0.25, -0.2) is 0 Å². The lowest BCUT2D eigenvalue weighted by Gasteiger charge is -2.29. The molecule has 0 heterocycles. The van der Waals surface area contributed by atoms with Gasteiger partial charge in [0.05, 0.1) is 5.56 Å². The van der Waals surface area contributed by atoms with Crippen LogP contribution < -0.4 is 10.2 Å². The Bertz CT molecular complexity index is 444. The third-order valence-electron chi connectivity index (χ3n) is 3.70. The maximum Gasteiger partial charge on any atom is 0.418 e. The largest absolute Gasteiger partial charge is 0.418 e. The first-order valence-electron chi connectivity index (χ1n) is 7.43. The minimum Gasteiger partial charge on any atom is -0.371 e. The summed E-state index contributed by atoms with van der Waals surface area (Å²) in [7, 11) is 1.72. The summed E-state index contributed by atoms with van der Waals surface area (Å²) in [6, 6.07) is 4.62. The lowest BCUT2D eigenvalue weighted by Crippen LogP contribution is -2.30. The molecule has 1 atom stereocenters. The Morgan fingerprint density at radius 3 is 2.38 bits per heavy atom. The molecular weight excluding hydrogens is 277 g/mol. The summed E-state index contributed by atoms with van der Waals surface area (Å²) < 4.78 is 40.0. The van der Waals surface area contributed by atoms with Crippen molar-refractivity contribution in [2.75, 3.05) is 25.0 Å². The van der Waals surface area contributed by atoms with Crippen LogP contribution in [0.1, 0.15) is 38.3 Å². The van der Waals surface area contributed by atoms with Gasteiger partial charge in [0.25, 0.3) is 0 Å². The minimum absolute atomic E-state index is 0.283. The summed E-state index contributed by atoms with van der Waals surface area (Å²) in [5.74, 6) is 0.364. The molecule has 1 aromatic rings. The monoisotopic (exact) mass is 302 g/mol. The van der Waals surface area contributed by atoms with Crippen LogP contribution in [0.4, 0.5) is 18.9 Å². The van der Waals surface area contributed by atoms with Crippen molar-refractivity contribution >= 4 is 5.69 Å². The first kappa shape index (κ1) is 17.8. The third kappa shape index (κ3) is 4.92. The van der Waals surface area contributed by atoms with Gasteiger partial charge in [-0.1, -0.05) is 26.3 Å². The zero-order valence-electron chi connectivity index (χ0n) is 13.2. The van der Waals surface area contributed by atoms with Gasteiger partial charge < -0.3 is 10.2 Å². The van der Waals surface area contributed by atoms with E-state index in [1.807, 2.05) is 11.8 Å². The summed E-state index contributed by atoms with van der Waals surface area (Å²) >= 11 is 0. The Kier molecular flexibility index (Phi) is 6.52. The number of hydrogen-bond donors (Lipinski definition) is 1. The van der Waals surface area contributed by atoms with E-state index in [-0.39, 0.29) is 5.69 Å². The molecule has 1 rings (SSSR count). The molecule has 0 amide bonds. The molecule has 0 fully saturated rings. The molecular formula is C16H25F3N2. The highest BCUT2D eigenvalue weighted by Crippen LogP contribution is 2.37. The normalized spacial score (nSPS) is 13.3. The van der Waals surface area contributed by atoms with Crippen molar-refractivity contribution in [2.45, 2.75) is 39.9 Å². The number of benzene rings is 1. The van der Waals surface area contributed by atoms with Crippen LogP contribution in [0.15, 0.2) is 18.2 Å². The van der Waals surface area contributed by atoms with Crippen molar-refractivity contribution in [1.29, 1.82) is 0 Å². The van der Waals surface area contributed by atoms with Crippen LogP contribution in [-0.2, 0) is 12.7 Å². The molecule has 5 heteroatoms. The number of alkyl halides is 3.